The summed E-state index contributed by atoms with van der Waals surface area (Å²) in [6, 6.07) is 14.3. The minimum atomic E-state index is 0.128. The molecule has 1 atom stereocenters. The third-order valence-electron chi connectivity index (χ3n) is 6.84. The number of nitrogens with two attached hydrogens (primary N) is 1. The van der Waals surface area contributed by atoms with E-state index < -0.39 is 0 Å². The summed E-state index contributed by atoms with van der Waals surface area (Å²) in [5, 5.41) is 8.31. The third-order valence-corrected chi connectivity index (χ3v) is 7.07. The number of hydrogen-bond acceptors (Lipinski definition) is 8. The number of fused-ring (bicyclic) bond motifs is 2. The van der Waals surface area contributed by atoms with Crippen LogP contribution in [0.25, 0.3) is 33.3 Å². The van der Waals surface area contributed by atoms with Crippen LogP contribution < -0.4 is 21.3 Å². The van der Waals surface area contributed by atoms with E-state index in [0.29, 0.717) is 11.6 Å². The van der Waals surface area contributed by atoms with E-state index in [2.05, 4.69) is 51.7 Å². The van der Waals surface area contributed by atoms with Gasteiger partial charge >= 0.3 is 0 Å². The predicted octanol–water partition coefficient (Wildman–Crippen LogP) is 4.02. The minimum Gasteiger partial charge on any atom is -0.379 e. The highest BCUT2D eigenvalue weighted by atomic mass is 35.5. The Morgan fingerprint density at radius 3 is 2.47 bits per heavy atom. The van der Waals surface area contributed by atoms with E-state index in [4.69, 9.17) is 36.8 Å². The Morgan fingerprint density at radius 1 is 1.00 bits per heavy atom. The van der Waals surface area contributed by atoms with Gasteiger partial charge in [-0.15, -0.1) is 0 Å². The molecule has 6 rings (SSSR count). The van der Waals surface area contributed by atoms with Crippen LogP contribution in [0.3, 0.4) is 0 Å². The average Bonchev–Trinajstić information content (AvgIpc) is 3.40. The number of aromatic nitrogens is 3. The van der Waals surface area contributed by atoms with Crippen LogP contribution in [0.5, 0.6) is 0 Å². The maximum atomic E-state index is 6.24. The summed E-state index contributed by atoms with van der Waals surface area (Å²) in [6.07, 6.45) is 0.902. The van der Waals surface area contributed by atoms with Gasteiger partial charge in [0.1, 0.15) is 11.6 Å². The van der Waals surface area contributed by atoms with Crippen LogP contribution in [-0.4, -0.2) is 80.1 Å². The van der Waals surface area contributed by atoms with Crippen molar-refractivity contribution < 1.29 is 9.47 Å². The number of anilines is 2. The summed E-state index contributed by atoms with van der Waals surface area (Å²) >= 11 is 6.24. The largest absolute Gasteiger partial charge is 0.379 e. The summed E-state index contributed by atoms with van der Waals surface area (Å²) in [4.78, 5) is 15.6. The highest BCUT2D eigenvalue weighted by molar-refractivity contribution is 6.31. The molecule has 4 aromatic rings. The molecule has 2 aliphatic heterocycles. The van der Waals surface area contributed by atoms with Crippen molar-refractivity contribution in [3.63, 3.8) is 0 Å². The van der Waals surface area contributed by atoms with Crippen molar-refractivity contribution in [2.24, 2.45) is 5.73 Å². The predicted molar refractivity (Wildman–Crippen MR) is 155 cm³/mol. The zero-order valence-corrected chi connectivity index (χ0v) is 22.6. The van der Waals surface area contributed by atoms with Crippen molar-refractivity contribution in [2.75, 3.05) is 69.4 Å². The van der Waals surface area contributed by atoms with Crippen LogP contribution >= 0.6 is 11.6 Å². The van der Waals surface area contributed by atoms with Crippen molar-refractivity contribution in [3.05, 3.63) is 47.5 Å². The van der Waals surface area contributed by atoms with Gasteiger partial charge in [0.05, 0.1) is 48.5 Å². The lowest BCUT2D eigenvalue weighted by atomic mass is 10.1. The van der Waals surface area contributed by atoms with E-state index in [1.54, 1.807) is 0 Å². The van der Waals surface area contributed by atoms with E-state index in [1.165, 1.54) is 0 Å². The molecular weight excluding hydrogens is 502 g/mol. The Kier molecular flexibility index (Phi) is 8.93. The van der Waals surface area contributed by atoms with Gasteiger partial charge in [-0.25, -0.2) is 9.97 Å². The van der Waals surface area contributed by atoms with Crippen LogP contribution in [0.15, 0.2) is 42.5 Å². The molecule has 10 heteroatoms. The first-order chi connectivity index (χ1) is 18.6. The normalized spacial score (nSPS) is 16.8. The molecule has 2 aromatic heterocycles. The molecule has 202 valence electrons. The minimum absolute atomic E-state index is 0.128. The van der Waals surface area contributed by atoms with Gasteiger partial charge in [-0.3, -0.25) is 0 Å². The molecule has 0 amide bonds. The summed E-state index contributed by atoms with van der Waals surface area (Å²) in [5.74, 6) is 1.53. The molecule has 38 heavy (non-hydrogen) atoms. The summed E-state index contributed by atoms with van der Waals surface area (Å²) in [7, 11) is 0. The zero-order valence-electron chi connectivity index (χ0n) is 21.8. The van der Waals surface area contributed by atoms with Gasteiger partial charge in [0.2, 0.25) is 0 Å². The molecule has 0 saturated carbocycles. The number of nitrogens with one attached hydrogen (secondary N) is 3. The van der Waals surface area contributed by atoms with Crippen molar-refractivity contribution in [1.29, 1.82) is 0 Å². The molecule has 0 bridgehead atoms. The number of benzene rings is 2. The molecular formula is C28H36ClN7O2. The van der Waals surface area contributed by atoms with Crippen LogP contribution in [0.2, 0.25) is 5.02 Å². The highest BCUT2D eigenvalue weighted by Gasteiger charge is 2.17. The van der Waals surface area contributed by atoms with Crippen LogP contribution in [-0.2, 0) is 9.47 Å². The van der Waals surface area contributed by atoms with E-state index >= 15 is 0 Å². The lowest BCUT2D eigenvalue weighted by Gasteiger charge is -2.28. The molecule has 9 nitrogen and oxygen atoms in total. The number of hydrogen-bond donors (Lipinski definition) is 4. The first-order valence-electron chi connectivity index (χ1n) is 13.3. The molecule has 0 spiro atoms. The zero-order chi connectivity index (χ0) is 26.3. The summed E-state index contributed by atoms with van der Waals surface area (Å²) < 4.78 is 10.5. The molecule has 2 fully saturated rings. The van der Waals surface area contributed by atoms with Gasteiger partial charge in [-0.05, 0) is 48.9 Å². The van der Waals surface area contributed by atoms with Crippen LogP contribution in [0.1, 0.15) is 13.3 Å². The highest BCUT2D eigenvalue weighted by Crippen LogP contribution is 2.32. The Balaban J connectivity index is 0.000000433. The van der Waals surface area contributed by atoms with Gasteiger partial charge in [-0.1, -0.05) is 18.5 Å². The van der Waals surface area contributed by atoms with Crippen molar-refractivity contribution in [1.82, 2.24) is 20.3 Å². The van der Waals surface area contributed by atoms with Crippen LogP contribution in [0.4, 0.5) is 11.5 Å². The molecule has 0 radical (unpaired) electrons. The lowest BCUT2D eigenvalue weighted by Crippen LogP contribution is -2.36. The number of rotatable bonds is 6. The number of pyridine rings is 1. The molecule has 1 unspecified atom stereocenters. The molecule has 4 heterocycles. The van der Waals surface area contributed by atoms with Gasteiger partial charge < -0.3 is 35.7 Å². The van der Waals surface area contributed by atoms with E-state index in [-0.39, 0.29) is 6.04 Å². The second kappa shape index (κ2) is 12.7. The monoisotopic (exact) mass is 537 g/mol. The number of H-pyrrole nitrogens is 1. The van der Waals surface area contributed by atoms with Gasteiger partial charge in [0.15, 0.2) is 0 Å². The average molecular weight is 538 g/mol. The fourth-order valence-corrected chi connectivity index (χ4v) is 4.80. The molecule has 0 aliphatic carbocycles. The van der Waals surface area contributed by atoms with Gasteiger partial charge in [0, 0.05) is 54.9 Å². The van der Waals surface area contributed by atoms with Gasteiger partial charge in [0.25, 0.3) is 0 Å². The number of halogens is 1. The molecule has 2 saturated heterocycles. The number of ether oxygens (including phenoxy) is 2. The number of nitrogens with zero attached hydrogens (tertiary/aromatic N) is 3. The fourth-order valence-electron chi connectivity index (χ4n) is 4.61. The number of morpholine rings is 2. The van der Waals surface area contributed by atoms with Crippen molar-refractivity contribution in [3.8, 4) is 11.4 Å². The van der Waals surface area contributed by atoms with Crippen molar-refractivity contribution in [2.45, 2.75) is 19.4 Å². The molecule has 5 N–H and O–H groups in total. The standard InChI is InChI=1S/C24H27ClN6O.C4H9NO/c1-2-17(14-26)27-23-19(12-15-11-16(25)3-5-20(15)28-23)24-29-21-6-4-18(13-22(21)30-24)31-7-9-32-10-8-31;1-3-6-4-2-5-1/h3-6,11-13,17H,2,7-10,14,26H2,1H3,(H,27,28)(H,29,30);5H,1-4H2. The first-order valence-corrected chi connectivity index (χ1v) is 13.7. The topological polar surface area (TPSA) is 113 Å². The van der Waals surface area contributed by atoms with E-state index in [1.807, 2.05) is 18.2 Å². The molecule has 2 aliphatic rings. The Labute approximate surface area is 228 Å². The maximum Gasteiger partial charge on any atom is 0.142 e. The Morgan fingerprint density at radius 2 is 1.79 bits per heavy atom. The Hall–Kier alpha value is -2.95. The fraction of sp³-hybridized carbons (Fsp3) is 0.429. The van der Waals surface area contributed by atoms with Crippen LogP contribution in [0, 0.1) is 0 Å². The number of imidazole rings is 1. The SMILES string of the molecule is C1COCCN1.CCC(CN)Nc1nc2ccc(Cl)cc2cc1-c1nc2cc(N3CCOCC3)ccc2[nH]1. The third kappa shape index (κ3) is 6.36. The second-order valence-corrected chi connectivity index (χ2v) is 9.89. The summed E-state index contributed by atoms with van der Waals surface area (Å²) in [6.45, 7) is 9.76. The van der Waals surface area contributed by atoms with Crippen molar-refractivity contribution >= 4 is 45.0 Å². The van der Waals surface area contributed by atoms with E-state index in [9.17, 15) is 0 Å². The smallest absolute Gasteiger partial charge is 0.142 e. The number of aromatic amines is 1. The quantitative estimate of drug-likeness (QED) is 0.292. The molecule has 2 aromatic carbocycles. The first kappa shape index (κ1) is 26.6. The second-order valence-electron chi connectivity index (χ2n) is 9.46. The maximum absolute atomic E-state index is 6.24. The van der Waals surface area contributed by atoms with Gasteiger partial charge in [-0.2, -0.15) is 0 Å². The summed E-state index contributed by atoms with van der Waals surface area (Å²) in [5.41, 5.74) is 10.8. The lowest BCUT2D eigenvalue weighted by molar-refractivity contribution is 0.109. The Bertz CT molecular complexity index is 1340. The van der Waals surface area contributed by atoms with E-state index in [0.717, 1.165) is 104 Å².